The van der Waals surface area contributed by atoms with Crippen LogP contribution in [0.4, 0.5) is 10.1 Å². The molecular weight excluding hydrogens is 323 g/mol. The molecule has 25 heavy (non-hydrogen) atoms. The second-order valence-electron chi connectivity index (χ2n) is 7.09. The molecule has 0 bridgehead atoms. The van der Waals surface area contributed by atoms with Gasteiger partial charge in [-0.15, -0.1) is 0 Å². The summed E-state index contributed by atoms with van der Waals surface area (Å²) in [5.74, 6) is -0.283. The number of benzene rings is 1. The number of rotatable bonds is 6. The SMILES string of the molecule is COCC1(C(=O)Nc2ccc(OC3CCCC3)c(F)c2)CCNCC1. The minimum absolute atomic E-state index is 0.106. The van der Waals surface area contributed by atoms with Crippen LogP contribution < -0.4 is 15.4 Å². The predicted octanol–water partition coefficient (Wildman–Crippen LogP) is 3.10. The molecule has 5 nitrogen and oxygen atoms in total. The van der Waals surface area contributed by atoms with Crippen molar-refractivity contribution in [1.29, 1.82) is 0 Å². The molecule has 1 saturated heterocycles. The van der Waals surface area contributed by atoms with Gasteiger partial charge in [0.2, 0.25) is 5.91 Å². The molecule has 1 aliphatic carbocycles. The number of nitrogens with one attached hydrogen (secondary N) is 2. The summed E-state index contributed by atoms with van der Waals surface area (Å²) in [5.41, 5.74) is -0.106. The molecule has 1 heterocycles. The monoisotopic (exact) mass is 350 g/mol. The van der Waals surface area contributed by atoms with Crippen molar-refractivity contribution in [3.8, 4) is 5.75 Å². The molecule has 0 radical (unpaired) electrons. The second kappa shape index (κ2) is 8.15. The normalized spacial score (nSPS) is 20.4. The van der Waals surface area contributed by atoms with E-state index in [4.69, 9.17) is 9.47 Å². The average molecular weight is 350 g/mol. The molecule has 0 atom stereocenters. The Labute approximate surface area is 148 Å². The molecule has 1 aliphatic heterocycles. The van der Waals surface area contributed by atoms with Crippen LogP contribution in [-0.2, 0) is 9.53 Å². The van der Waals surface area contributed by atoms with Crippen LogP contribution in [0, 0.1) is 11.2 Å². The van der Waals surface area contributed by atoms with Crippen molar-refractivity contribution in [2.24, 2.45) is 5.41 Å². The number of halogens is 1. The van der Waals surface area contributed by atoms with E-state index in [2.05, 4.69) is 10.6 Å². The van der Waals surface area contributed by atoms with Gasteiger partial charge in [0.25, 0.3) is 0 Å². The third-order valence-electron chi connectivity index (χ3n) is 5.25. The molecule has 2 fully saturated rings. The summed E-state index contributed by atoms with van der Waals surface area (Å²) < 4.78 is 25.3. The van der Waals surface area contributed by atoms with Crippen molar-refractivity contribution in [3.63, 3.8) is 0 Å². The summed E-state index contributed by atoms with van der Waals surface area (Å²) in [6.07, 6.45) is 5.75. The Balaban J connectivity index is 1.67. The van der Waals surface area contributed by atoms with Gasteiger partial charge in [-0.3, -0.25) is 4.79 Å². The zero-order valence-electron chi connectivity index (χ0n) is 14.8. The van der Waals surface area contributed by atoms with Gasteiger partial charge in [-0.05, 0) is 63.7 Å². The summed E-state index contributed by atoms with van der Waals surface area (Å²) in [5, 5.41) is 6.11. The first kappa shape index (κ1) is 18.1. The lowest BCUT2D eigenvalue weighted by Gasteiger charge is -2.35. The Bertz CT molecular complexity index is 591. The van der Waals surface area contributed by atoms with Crippen molar-refractivity contribution in [3.05, 3.63) is 24.0 Å². The molecular formula is C19H27FN2O3. The van der Waals surface area contributed by atoms with Crippen LogP contribution in [0.1, 0.15) is 38.5 Å². The zero-order valence-corrected chi connectivity index (χ0v) is 14.8. The van der Waals surface area contributed by atoms with Crippen molar-refractivity contribution in [1.82, 2.24) is 5.32 Å². The molecule has 0 unspecified atom stereocenters. The van der Waals surface area contributed by atoms with Gasteiger partial charge in [-0.1, -0.05) is 0 Å². The third kappa shape index (κ3) is 4.30. The van der Waals surface area contributed by atoms with Gasteiger partial charge < -0.3 is 20.1 Å². The molecule has 1 aromatic carbocycles. The Morgan fingerprint density at radius 1 is 1.32 bits per heavy atom. The second-order valence-corrected chi connectivity index (χ2v) is 7.09. The number of carbonyl (C=O) groups is 1. The van der Waals surface area contributed by atoms with Crippen LogP contribution in [0.25, 0.3) is 0 Å². The fourth-order valence-electron chi connectivity index (χ4n) is 3.74. The highest BCUT2D eigenvalue weighted by Gasteiger charge is 2.39. The largest absolute Gasteiger partial charge is 0.487 e. The van der Waals surface area contributed by atoms with Gasteiger partial charge in [0.15, 0.2) is 11.6 Å². The summed E-state index contributed by atoms with van der Waals surface area (Å²) in [4.78, 5) is 12.8. The van der Waals surface area contributed by atoms with E-state index in [1.54, 1.807) is 19.2 Å². The van der Waals surface area contributed by atoms with Crippen LogP contribution in [0.2, 0.25) is 0 Å². The first-order valence-corrected chi connectivity index (χ1v) is 9.10. The number of carbonyl (C=O) groups excluding carboxylic acids is 1. The minimum atomic E-state index is -0.560. The van der Waals surface area contributed by atoms with Crippen molar-refractivity contribution >= 4 is 11.6 Å². The highest BCUT2D eigenvalue weighted by Crippen LogP contribution is 2.32. The molecule has 0 aromatic heterocycles. The zero-order chi connectivity index (χ0) is 17.7. The summed E-state index contributed by atoms with van der Waals surface area (Å²) in [6.45, 7) is 1.92. The van der Waals surface area contributed by atoms with Gasteiger partial charge in [-0.25, -0.2) is 4.39 Å². The third-order valence-corrected chi connectivity index (χ3v) is 5.25. The first-order valence-electron chi connectivity index (χ1n) is 9.10. The Hall–Kier alpha value is -1.66. The lowest BCUT2D eigenvalue weighted by molar-refractivity contribution is -0.130. The van der Waals surface area contributed by atoms with E-state index >= 15 is 0 Å². The molecule has 2 aliphatic rings. The summed E-state index contributed by atoms with van der Waals surface area (Å²) in [7, 11) is 1.60. The van der Waals surface area contributed by atoms with Crippen LogP contribution in [-0.4, -0.2) is 38.8 Å². The number of piperidine rings is 1. The van der Waals surface area contributed by atoms with Crippen molar-refractivity contribution < 1.29 is 18.7 Å². The first-order chi connectivity index (χ1) is 12.1. The lowest BCUT2D eigenvalue weighted by Crippen LogP contribution is -2.47. The smallest absolute Gasteiger partial charge is 0.233 e. The van der Waals surface area contributed by atoms with Crippen LogP contribution in [0.15, 0.2) is 18.2 Å². The Morgan fingerprint density at radius 3 is 2.68 bits per heavy atom. The Kier molecular flexibility index (Phi) is 5.91. The standard InChI is InChI=1S/C19H27FN2O3/c1-24-13-19(8-10-21-11-9-19)18(23)22-14-6-7-17(16(20)12-14)25-15-4-2-3-5-15/h6-7,12,15,21H,2-5,8-11,13H2,1H3,(H,22,23). The summed E-state index contributed by atoms with van der Waals surface area (Å²) >= 11 is 0. The number of hydrogen-bond acceptors (Lipinski definition) is 4. The van der Waals surface area contributed by atoms with Gasteiger partial charge in [-0.2, -0.15) is 0 Å². The van der Waals surface area contributed by atoms with Gasteiger partial charge in [0.1, 0.15) is 0 Å². The fourth-order valence-corrected chi connectivity index (χ4v) is 3.74. The number of amides is 1. The predicted molar refractivity (Wildman–Crippen MR) is 94.3 cm³/mol. The number of anilines is 1. The van der Waals surface area contributed by atoms with Crippen molar-refractivity contribution in [2.45, 2.75) is 44.6 Å². The Morgan fingerprint density at radius 2 is 2.04 bits per heavy atom. The van der Waals surface area contributed by atoms with Gasteiger partial charge in [0, 0.05) is 18.9 Å². The number of hydrogen-bond donors (Lipinski definition) is 2. The van der Waals surface area contributed by atoms with Crippen LogP contribution in [0.5, 0.6) is 5.75 Å². The average Bonchev–Trinajstić information content (AvgIpc) is 3.11. The molecule has 0 spiro atoms. The van der Waals surface area contributed by atoms with E-state index in [0.29, 0.717) is 25.1 Å². The lowest BCUT2D eigenvalue weighted by atomic mass is 9.78. The summed E-state index contributed by atoms with van der Waals surface area (Å²) in [6, 6.07) is 4.64. The van der Waals surface area contributed by atoms with E-state index < -0.39 is 11.2 Å². The fraction of sp³-hybridized carbons (Fsp3) is 0.632. The quantitative estimate of drug-likeness (QED) is 0.828. The highest BCUT2D eigenvalue weighted by molar-refractivity contribution is 5.95. The minimum Gasteiger partial charge on any atom is -0.487 e. The van der Waals surface area contributed by atoms with Crippen molar-refractivity contribution in [2.75, 3.05) is 32.1 Å². The molecule has 1 aromatic rings. The van der Waals surface area contributed by atoms with E-state index in [1.165, 1.54) is 6.07 Å². The van der Waals surface area contributed by atoms with Gasteiger partial charge >= 0.3 is 0 Å². The van der Waals surface area contributed by atoms with Crippen LogP contribution >= 0.6 is 0 Å². The van der Waals surface area contributed by atoms with E-state index in [-0.39, 0.29) is 17.8 Å². The molecule has 3 rings (SSSR count). The maximum Gasteiger partial charge on any atom is 0.233 e. The topological polar surface area (TPSA) is 59.6 Å². The maximum atomic E-state index is 14.3. The maximum absolute atomic E-state index is 14.3. The van der Waals surface area contributed by atoms with E-state index in [1.807, 2.05) is 0 Å². The van der Waals surface area contributed by atoms with E-state index in [9.17, 15) is 9.18 Å². The van der Waals surface area contributed by atoms with E-state index in [0.717, 1.165) is 38.8 Å². The van der Waals surface area contributed by atoms with Gasteiger partial charge in [0.05, 0.1) is 18.1 Å². The molecule has 6 heteroatoms. The molecule has 138 valence electrons. The number of ether oxygens (including phenoxy) is 2. The molecule has 2 N–H and O–H groups in total. The molecule has 1 amide bonds. The highest BCUT2D eigenvalue weighted by atomic mass is 19.1. The molecule has 1 saturated carbocycles. The van der Waals surface area contributed by atoms with Crippen LogP contribution in [0.3, 0.4) is 0 Å². The number of methoxy groups -OCH3 is 1.